The van der Waals surface area contributed by atoms with Gasteiger partial charge in [-0.05, 0) is 33.2 Å². The molecule has 2 heterocycles. The highest BCUT2D eigenvalue weighted by atomic mass is 35.5. The van der Waals surface area contributed by atoms with Crippen molar-refractivity contribution in [1.82, 2.24) is 24.6 Å². The fourth-order valence-electron chi connectivity index (χ4n) is 3.47. The number of aryl methyl sites for hydroxylation is 2. The molecule has 2 N–H and O–H groups in total. The van der Waals surface area contributed by atoms with Crippen molar-refractivity contribution in [2.24, 2.45) is 7.05 Å². The van der Waals surface area contributed by atoms with Gasteiger partial charge in [-0.3, -0.25) is 9.48 Å². The molecule has 3 rings (SSSR count). The minimum atomic E-state index is -0.319. The second-order valence-corrected chi connectivity index (χ2v) is 8.71. The lowest BCUT2D eigenvalue weighted by atomic mass is 10.2. The van der Waals surface area contributed by atoms with Crippen LogP contribution < -0.4 is 20.3 Å². The van der Waals surface area contributed by atoms with E-state index in [4.69, 9.17) is 16.3 Å². The van der Waals surface area contributed by atoms with E-state index in [9.17, 15) is 4.79 Å². The van der Waals surface area contributed by atoms with Gasteiger partial charge in [-0.1, -0.05) is 18.2 Å². The number of hydrogen-bond donors (Lipinski definition) is 2. The van der Waals surface area contributed by atoms with Crippen molar-refractivity contribution in [2.75, 3.05) is 56.9 Å². The maximum atomic E-state index is 12.2. The van der Waals surface area contributed by atoms with E-state index in [-0.39, 0.29) is 5.91 Å². The van der Waals surface area contributed by atoms with Gasteiger partial charge in [0.2, 0.25) is 11.9 Å². The molecule has 0 unspecified atom stereocenters. The number of nitrogens with zero attached hydrogens (tertiary/aromatic N) is 6. The van der Waals surface area contributed by atoms with Crippen LogP contribution >= 0.6 is 11.6 Å². The fraction of sp³-hybridized carbons (Fsp3) is 0.333. The van der Waals surface area contributed by atoms with Gasteiger partial charge in [-0.15, -0.1) is 0 Å². The number of methoxy groups -OCH3 is 1. The minimum absolute atomic E-state index is 0.319. The van der Waals surface area contributed by atoms with Crippen molar-refractivity contribution in [3.05, 3.63) is 47.9 Å². The van der Waals surface area contributed by atoms with Crippen LogP contribution in [0.2, 0.25) is 5.02 Å². The van der Waals surface area contributed by atoms with Gasteiger partial charge >= 0.3 is 0 Å². The molecule has 186 valence electrons. The summed E-state index contributed by atoms with van der Waals surface area (Å²) < 4.78 is 7.36. The molecular weight excluding hydrogens is 468 g/mol. The van der Waals surface area contributed by atoms with Gasteiger partial charge in [-0.25, -0.2) is 9.97 Å². The number of ether oxygens (including phenoxy) is 1. The van der Waals surface area contributed by atoms with Crippen LogP contribution in [-0.4, -0.2) is 71.9 Å². The number of nitrogens with one attached hydrogen (secondary N) is 2. The Morgan fingerprint density at radius 2 is 2.00 bits per heavy atom. The predicted molar refractivity (Wildman–Crippen MR) is 141 cm³/mol. The van der Waals surface area contributed by atoms with Crippen LogP contribution in [0.5, 0.6) is 5.75 Å². The number of hydrogen-bond acceptors (Lipinski definition) is 8. The number of rotatable bonds is 10. The van der Waals surface area contributed by atoms with E-state index in [1.165, 1.54) is 12.3 Å². The average molecular weight is 499 g/mol. The molecule has 0 aliphatic carbocycles. The number of aromatic nitrogens is 4. The van der Waals surface area contributed by atoms with Crippen LogP contribution in [0.1, 0.15) is 5.69 Å². The maximum absolute atomic E-state index is 12.2. The topological polar surface area (TPSA) is 100 Å². The van der Waals surface area contributed by atoms with E-state index in [0.717, 1.165) is 30.0 Å². The second-order valence-electron chi connectivity index (χ2n) is 8.30. The second kappa shape index (κ2) is 11.2. The number of benzene rings is 1. The largest absolute Gasteiger partial charge is 0.494 e. The standard InChI is InChI=1S/C24H31ClN8O2/c1-8-22(34)27-18-11-19(21(35-7)12-20(18)32(5)10-9-31(3)4)28-24-26-13-17(25)23(29-24)16-14-33(6)30-15(16)2/h8,11-14H,1,9-10H2,2-7H3,(H,27,34)(H,26,28,29). The van der Waals surface area contributed by atoms with Gasteiger partial charge in [-0.2, -0.15) is 5.10 Å². The summed E-state index contributed by atoms with van der Waals surface area (Å²) in [5.74, 6) is 0.562. The Bertz CT molecular complexity index is 1220. The van der Waals surface area contributed by atoms with Gasteiger partial charge in [0.05, 0.1) is 46.8 Å². The molecule has 1 aromatic carbocycles. The number of anilines is 4. The monoisotopic (exact) mass is 498 g/mol. The quantitative estimate of drug-likeness (QED) is 0.408. The first-order chi connectivity index (χ1) is 16.6. The van der Waals surface area contributed by atoms with Crippen molar-refractivity contribution >= 4 is 40.5 Å². The van der Waals surface area contributed by atoms with Crippen LogP contribution in [0.25, 0.3) is 11.3 Å². The lowest BCUT2D eigenvalue weighted by Crippen LogP contribution is -2.29. The van der Waals surface area contributed by atoms with Crippen molar-refractivity contribution in [3.63, 3.8) is 0 Å². The van der Waals surface area contributed by atoms with Crippen LogP contribution in [0.3, 0.4) is 0 Å². The Balaban J connectivity index is 2.02. The first-order valence-corrected chi connectivity index (χ1v) is 11.3. The molecule has 2 aromatic heterocycles. The summed E-state index contributed by atoms with van der Waals surface area (Å²) in [7, 11) is 9.40. The number of carbonyl (C=O) groups excluding carboxylic acids is 1. The van der Waals surface area contributed by atoms with Gasteiger partial charge in [0.15, 0.2) is 0 Å². The predicted octanol–water partition coefficient (Wildman–Crippen LogP) is 3.71. The summed E-state index contributed by atoms with van der Waals surface area (Å²) >= 11 is 6.40. The van der Waals surface area contributed by atoms with E-state index < -0.39 is 0 Å². The molecule has 0 radical (unpaired) electrons. The third-order valence-electron chi connectivity index (χ3n) is 5.31. The first-order valence-electron chi connectivity index (χ1n) is 10.9. The van der Waals surface area contributed by atoms with Crippen LogP contribution in [0, 0.1) is 6.92 Å². The smallest absolute Gasteiger partial charge is 0.247 e. The molecule has 0 atom stereocenters. The molecule has 1 amide bonds. The third-order valence-corrected chi connectivity index (χ3v) is 5.59. The zero-order valence-corrected chi connectivity index (χ0v) is 21.6. The van der Waals surface area contributed by atoms with Crippen molar-refractivity contribution in [2.45, 2.75) is 6.92 Å². The Hall–Kier alpha value is -3.63. The highest BCUT2D eigenvalue weighted by Gasteiger charge is 2.18. The Kier molecular flexibility index (Phi) is 8.31. The summed E-state index contributed by atoms with van der Waals surface area (Å²) in [6, 6.07) is 3.65. The van der Waals surface area contributed by atoms with Gasteiger partial charge < -0.3 is 25.2 Å². The molecule has 10 nitrogen and oxygen atoms in total. The summed E-state index contributed by atoms with van der Waals surface area (Å²) in [5.41, 5.74) is 4.15. The molecule has 0 bridgehead atoms. The molecule has 0 aliphatic rings. The first kappa shape index (κ1) is 26.0. The fourth-order valence-corrected chi connectivity index (χ4v) is 3.67. The normalized spacial score (nSPS) is 10.9. The van der Waals surface area contributed by atoms with E-state index in [0.29, 0.717) is 33.8 Å². The summed E-state index contributed by atoms with van der Waals surface area (Å²) in [4.78, 5) is 25.2. The van der Waals surface area contributed by atoms with Crippen LogP contribution in [0.15, 0.2) is 37.2 Å². The molecule has 0 aliphatic heterocycles. The van der Waals surface area contributed by atoms with Crippen molar-refractivity contribution < 1.29 is 9.53 Å². The highest BCUT2D eigenvalue weighted by Crippen LogP contribution is 2.38. The lowest BCUT2D eigenvalue weighted by Gasteiger charge is -2.26. The highest BCUT2D eigenvalue weighted by molar-refractivity contribution is 6.33. The molecule has 11 heteroatoms. The van der Waals surface area contributed by atoms with Crippen molar-refractivity contribution in [1.29, 1.82) is 0 Å². The van der Waals surface area contributed by atoms with Crippen LogP contribution in [-0.2, 0) is 11.8 Å². The molecular formula is C24H31ClN8O2. The Morgan fingerprint density at radius 1 is 1.26 bits per heavy atom. The SMILES string of the molecule is C=CC(=O)Nc1cc(Nc2ncc(Cl)c(-c3cn(C)nc3C)n2)c(OC)cc1N(C)CCN(C)C. The van der Waals surface area contributed by atoms with E-state index >= 15 is 0 Å². The van der Waals surface area contributed by atoms with E-state index in [1.54, 1.807) is 17.9 Å². The average Bonchev–Trinajstić information content (AvgIpc) is 3.16. The van der Waals surface area contributed by atoms with Crippen LogP contribution in [0.4, 0.5) is 23.0 Å². The Labute approximate surface area is 210 Å². The minimum Gasteiger partial charge on any atom is -0.494 e. The summed E-state index contributed by atoms with van der Waals surface area (Å²) in [6.45, 7) is 7.03. The molecule has 35 heavy (non-hydrogen) atoms. The molecule has 0 fully saturated rings. The molecule has 3 aromatic rings. The van der Waals surface area contributed by atoms with Crippen molar-refractivity contribution in [3.8, 4) is 17.0 Å². The number of halogens is 1. The molecule has 0 saturated heterocycles. The number of likely N-dealkylation sites (N-methyl/N-ethyl adjacent to an activating group) is 2. The summed E-state index contributed by atoms with van der Waals surface area (Å²) in [5, 5.41) is 10.9. The molecule has 0 saturated carbocycles. The zero-order valence-electron chi connectivity index (χ0n) is 20.9. The lowest BCUT2D eigenvalue weighted by molar-refractivity contribution is -0.111. The third kappa shape index (κ3) is 6.28. The van der Waals surface area contributed by atoms with E-state index in [2.05, 4.69) is 37.2 Å². The maximum Gasteiger partial charge on any atom is 0.247 e. The van der Waals surface area contributed by atoms with Gasteiger partial charge in [0.1, 0.15) is 5.75 Å². The Morgan fingerprint density at radius 3 is 2.60 bits per heavy atom. The number of amides is 1. The van der Waals surface area contributed by atoms with Gasteiger partial charge in [0.25, 0.3) is 0 Å². The van der Waals surface area contributed by atoms with E-state index in [1.807, 2.05) is 52.3 Å². The number of carbonyl (C=O) groups is 1. The molecule has 0 spiro atoms. The zero-order chi connectivity index (χ0) is 25.7. The summed E-state index contributed by atoms with van der Waals surface area (Å²) in [6.07, 6.45) is 4.62. The van der Waals surface area contributed by atoms with Gasteiger partial charge in [0, 0.05) is 45.0 Å².